The quantitative estimate of drug-likeness (QED) is 0.379. The Kier molecular flexibility index (Phi) is 9.60. The number of nitrogens with zero attached hydrogens (tertiary/aromatic N) is 3. The summed E-state index contributed by atoms with van der Waals surface area (Å²) in [5, 5.41) is 16.2. The fourth-order valence-electron chi connectivity index (χ4n) is 2.75. The molecule has 0 aliphatic carbocycles. The molecule has 11 heteroatoms. The van der Waals surface area contributed by atoms with Crippen LogP contribution >= 0.6 is 0 Å². The second kappa shape index (κ2) is 11.2. The van der Waals surface area contributed by atoms with Gasteiger partial charge in [0.1, 0.15) is 17.3 Å². The number of carbonyl (C=O) groups excluding carboxylic acids is 3. The molecular formula is C19H26N5NaO5. The second-order valence-corrected chi connectivity index (χ2v) is 7.45. The molecular weight excluding hydrogens is 401 g/mol. The number of anilines is 1. The summed E-state index contributed by atoms with van der Waals surface area (Å²) in [6.45, 7) is 6.26. The van der Waals surface area contributed by atoms with Gasteiger partial charge in [-0.3, -0.25) is 10.1 Å². The Bertz CT molecular complexity index is 884. The minimum atomic E-state index is -1.32. The van der Waals surface area contributed by atoms with E-state index in [4.69, 9.17) is 4.74 Å². The number of carbonyl (C=O) groups is 3. The van der Waals surface area contributed by atoms with Crippen LogP contribution in [0, 0.1) is 0 Å². The van der Waals surface area contributed by atoms with Gasteiger partial charge in [0, 0.05) is 38.7 Å². The van der Waals surface area contributed by atoms with Crippen molar-refractivity contribution in [1.82, 2.24) is 19.4 Å². The molecule has 0 aliphatic rings. The summed E-state index contributed by atoms with van der Waals surface area (Å²) in [6.07, 6.45) is 5.40. The van der Waals surface area contributed by atoms with Crippen LogP contribution in [-0.4, -0.2) is 44.7 Å². The number of aryl methyl sites for hydroxylation is 2. The number of rotatable bonds is 8. The molecule has 158 valence electrons. The van der Waals surface area contributed by atoms with Crippen molar-refractivity contribution in [3.05, 3.63) is 36.2 Å². The zero-order valence-corrected chi connectivity index (χ0v) is 20.0. The molecule has 2 aromatic heterocycles. The molecule has 2 aromatic rings. The van der Waals surface area contributed by atoms with E-state index in [0.717, 1.165) is 0 Å². The summed E-state index contributed by atoms with van der Waals surface area (Å²) in [4.78, 5) is 38.8. The number of nitrogens with one attached hydrogen (secondary N) is 2. The van der Waals surface area contributed by atoms with Gasteiger partial charge in [-0.1, -0.05) is 0 Å². The van der Waals surface area contributed by atoms with Crippen LogP contribution in [0.2, 0.25) is 0 Å². The minimum absolute atomic E-state index is 0. The van der Waals surface area contributed by atoms with Gasteiger partial charge in [0.05, 0.1) is 5.69 Å². The van der Waals surface area contributed by atoms with Gasteiger partial charge in [-0.05, 0) is 39.7 Å². The zero-order valence-electron chi connectivity index (χ0n) is 18.0. The third-order valence-electron chi connectivity index (χ3n) is 3.95. The molecule has 0 saturated heterocycles. The maximum Gasteiger partial charge on any atom is 1.00 e. The summed E-state index contributed by atoms with van der Waals surface area (Å²) in [5.41, 5.74) is 0.219. The van der Waals surface area contributed by atoms with E-state index in [9.17, 15) is 19.5 Å². The molecule has 0 aliphatic heterocycles. The largest absolute Gasteiger partial charge is 1.00 e. The van der Waals surface area contributed by atoms with E-state index in [1.54, 1.807) is 43.8 Å². The number of carboxylic acids is 1. The first-order chi connectivity index (χ1) is 13.6. The fraction of sp³-hybridized carbons (Fsp3) is 0.474. The topological polar surface area (TPSA) is 130 Å². The van der Waals surface area contributed by atoms with Gasteiger partial charge < -0.3 is 29.1 Å². The molecule has 30 heavy (non-hydrogen) atoms. The zero-order chi connectivity index (χ0) is 21.6. The number of ether oxygens (including phenoxy) is 1. The third-order valence-corrected chi connectivity index (χ3v) is 3.95. The van der Waals surface area contributed by atoms with Crippen molar-refractivity contribution in [1.29, 1.82) is 0 Å². The molecule has 0 spiro atoms. The number of unbranched alkanes of at least 4 members (excludes halogenated alkanes) is 1. The van der Waals surface area contributed by atoms with E-state index < -0.39 is 17.7 Å². The Morgan fingerprint density at radius 2 is 1.80 bits per heavy atom. The standard InChI is InChI=1S/C19H27N5O5.Na/c1-19(2,3)29-18(28)22-13-11-14(16(25)20-4)24(12-13)9-6-5-8-23-10-7-21-15(23)17(26)27;/h7,10-12H,5-6,8-9H2,1-4H3,(H,20,25)(H,22,28)(H,26,27);/q;+1/p-1. The summed E-state index contributed by atoms with van der Waals surface area (Å²) in [5.74, 6) is -1.71. The molecule has 2 N–H and O–H groups in total. The smallest absolute Gasteiger partial charge is 0.542 e. The molecule has 2 amide bonds. The summed E-state index contributed by atoms with van der Waals surface area (Å²) in [7, 11) is 1.53. The average molecular weight is 427 g/mol. The normalized spacial score (nSPS) is 10.8. The van der Waals surface area contributed by atoms with Gasteiger partial charge in [-0.2, -0.15) is 0 Å². The Balaban J connectivity index is 0.00000450. The monoisotopic (exact) mass is 427 g/mol. The average Bonchev–Trinajstić information content (AvgIpc) is 3.23. The molecule has 0 bridgehead atoms. The summed E-state index contributed by atoms with van der Waals surface area (Å²) in [6, 6.07) is 1.58. The molecule has 0 radical (unpaired) electrons. The number of imidazole rings is 1. The first kappa shape index (κ1) is 25.7. The van der Waals surface area contributed by atoms with Crippen molar-refractivity contribution in [2.75, 3.05) is 12.4 Å². The van der Waals surface area contributed by atoms with E-state index in [1.807, 2.05) is 0 Å². The van der Waals surface area contributed by atoms with E-state index in [0.29, 0.717) is 37.3 Å². The van der Waals surface area contributed by atoms with Gasteiger partial charge >= 0.3 is 35.7 Å². The van der Waals surface area contributed by atoms with Crippen molar-refractivity contribution < 1.29 is 53.8 Å². The minimum Gasteiger partial charge on any atom is -0.542 e. The van der Waals surface area contributed by atoms with E-state index >= 15 is 0 Å². The van der Waals surface area contributed by atoms with Crippen LogP contribution in [0.3, 0.4) is 0 Å². The molecule has 0 aromatic carbocycles. The second-order valence-electron chi connectivity index (χ2n) is 7.45. The molecule has 2 heterocycles. The molecule has 0 atom stereocenters. The molecule has 10 nitrogen and oxygen atoms in total. The maximum atomic E-state index is 12.1. The predicted molar refractivity (Wildman–Crippen MR) is 103 cm³/mol. The fourth-order valence-corrected chi connectivity index (χ4v) is 2.75. The van der Waals surface area contributed by atoms with Crippen LogP contribution in [-0.2, 0) is 17.8 Å². The number of hydrogen-bond acceptors (Lipinski definition) is 6. The molecule has 0 fully saturated rings. The Morgan fingerprint density at radius 3 is 2.37 bits per heavy atom. The molecule has 0 unspecified atom stereocenters. The van der Waals surface area contributed by atoms with E-state index in [1.165, 1.54) is 17.8 Å². The van der Waals surface area contributed by atoms with Gasteiger partial charge in [0.15, 0.2) is 5.82 Å². The van der Waals surface area contributed by atoms with Gasteiger partial charge in [0.25, 0.3) is 5.91 Å². The van der Waals surface area contributed by atoms with Crippen molar-refractivity contribution >= 4 is 23.7 Å². The Labute approximate surface area is 197 Å². The van der Waals surface area contributed by atoms with Crippen LogP contribution < -0.4 is 45.3 Å². The summed E-state index contributed by atoms with van der Waals surface area (Å²) < 4.78 is 8.48. The number of aromatic carboxylic acids is 1. The van der Waals surface area contributed by atoms with E-state index in [-0.39, 0.29) is 41.3 Å². The molecule has 0 saturated carbocycles. The molecule has 2 rings (SSSR count). The third kappa shape index (κ3) is 7.51. The first-order valence-corrected chi connectivity index (χ1v) is 9.25. The number of hydrogen-bond donors (Lipinski definition) is 2. The SMILES string of the molecule is CNC(=O)c1cc(NC(=O)OC(C)(C)C)cn1CCCCn1ccnc1C(=O)[O-].[Na+]. The first-order valence-electron chi connectivity index (χ1n) is 9.25. The number of amides is 2. The van der Waals surface area contributed by atoms with Crippen LogP contribution in [0.4, 0.5) is 10.5 Å². The van der Waals surface area contributed by atoms with Crippen LogP contribution in [0.15, 0.2) is 24.7 Å². The number of carboxylic acid groups (broad SMARTS) is 1. The van der Waals surface area contributed by atoms with Crippen molar-refractivity contribution in [2.24, 2.45) is 0 Å². The van der Waals surface area contributed by atoms with Crippen molar-refractivity contribution in [3.8, 4) is 0 Å². The number of aromatic nitrogens is 3. The maximum absolute atomic E-state index is 12.1. The predicted octanol–water partition coefficient (Wildman–Crippen LogP) is -1.76. The van der Waals surface area contributed by atoms with Crippen LogP contribution in [0.5, 0.6) is 0 Å². The summed E-state index contributed by atoms with van der Waals surface area (Å²) >= 11 is 0. The Hall–Kier alpha value is -2.30. The van der Waals surface area contributed by atoms with E-state index in [2.05, 4.69) is 15.6 Å². The van der Waals surface area contributed by atoms with Crippen LogP contribution in [0.1, 0.15) is 54.7 Å². The van der Waals surface area contributed by atoms with Crippen molar-refractivity contribution in [2.45, 2.75) is 52.3 Å². The van der Waals surface area contributed by atoms with Crippen molar-refractivity contribution in [3.63, 3.8) is 0 Å². The van der Waals surface area contributed by atoms with Gasteiger partial charge in [-0.25, -0.2) is 9.78 Å². The van der Waals surface area contributed by atoms with Gasteiger partial charge in [-0.15, -0.1) is 0 Å². The van der Waals surface area contributed by atoms with Gasteiger partial charge in [0.2, 0.25) is 0 Å². The van der Waals surface area contributed by atoms with Crippen LogP contribution in [0.25, 0.3) is 0 Å². The Morgan fingerprint density at radius 1 is 1.17 bits per heavy atom.